The smallest absolute Gasteiger partial charge is 0.225 e. The zero-order valence-corrected chi connectivity index (χ0v) is 12.2. The molecule has 1 heterocycles. The number of likely N-dealkylation sites (tertiary alicyclic amines) is 1. The van der Waals surface area contributed by atoms with Crippen LogP contribution in [0.4, 0.5) is 0 Å². The predicted molar refractivity (Wildman–Crippen MR) is 78.0 cm³/mol. The van der Waals surface area contributed by atoms with Crippen molar-refractivity contribution in [3.05, 3.63) is 29.3 Å². The monoisotopic (exact) mass is 297 g/mol. The van der Waals surface area contributed by atoms with E-state index >= 15 is 0 Å². The molecule has 1 aliphatic rings. The van der Waals surface area contributed by atoms with Crippen LogP contribution in [-0.2, 0) is 4.79 Å². The van der Waals surface area contributed by atoms with Gasteiger partial charge in [-0.15, -0.1) is 0 Å². The molecule has 20 heavy (non-hydrogen) atoms. The lowest BCUT2D eigenvalue weighted by Crippen LogP contribution is -2.39. The lowest BCUT2D eigenvalue weighted by Gasteiger charge is -2.31. The van der Waals surface area contributed by atoms with E-state index in [-0.39, 0.29) is 12.5 Å². The average Bonchev–Trinajstić information content (AvgIpc) is 2.49. The van der Waals surface area contributed by atoms with E-state index in [4.69, 9.17) is 21.4 Å². The van der Waals surface area contributed by atoms with Gasteiger partial charge in [-0.3, -0.25) is 4.79 Å². The van der Waals surface area contributed by atoms with Crippen LogP contribution >= 0.6 is 11.6 Å². The highest BCUT2D eigenvalue weighted by atomic mass is 35.5. The lowest BCUT2D eigenvalue weighted by molar-refractivity contribution is -0.133. The normalized spacial score (nSPS) is 16.2. The molecule has 1 aromatic carbocycles. The number of benzene rings is 1. The number of halogens is 1. The van der Waals surface area contributed by atoms with Crippen molar-refractivity contribution in [3.63, 3.8) is 0 Å². The van der Waals surface area contributed by atoms with Crippen LogP contribution in [0.3, 0.4) is 0 Å². The third kappa shape index (κ3) is 4.12. The number of para-hydroxylation sites is 1. The molecule has 1 amide bonds. The summed E-state index contributed by atoms with van der Waals surface area (Å²) < 4.78 is 5.52. The highest BCUT2D eigenvalue weighted by molar-refractivity contribution is 6.32. The van der Waals surface area contributed by atoms with Crippen LogP contribution in [0.2, 0.25) is 5.02 Å². The maximum Gasteiger partial charge on any atom is 0.225 e. The molecule has 0 radical (unpaired) electrons. The molecule has 0 spiro atoms. The van der Waals surface area contributed by atoms with Crippen molar-refractivity contribution in [1.29, 1.82) is 0 Å². The Balaban J connectivity index is 1.72. The number of ether oxygens (including phenoxy) is 1. The Kier molecular flexibility index (Phi) is 5.68. The van der Waals surface area contributed by atoms with Gasteiger partial charge in [0, 0.05) is 19.7 Å². The van der Waals surface area contributed by atoms with E-state index < -0.39 is 0 Å². The molecule has 110 valence electrons. The number of hydrogen-bond acceptors (Lipinski definition) is 3. The Morgan fingerprint density at radius 1 is 1.35 bits per heavy atom. The first kappa shape index (κ1) is 15.1. The average molecular weight is 298 g/mol. The molecule has 2 rings (SSSR count). The van der Waals surface area contributed by atoms with Crippen LogP contribution in [0.25, 0.3) is 0 Å². The predicted octanol–water partition coefficient (Wildman–Crippen LogP) is 2.34. The second-order valence-electron chi connectivity index (χ2n) is 5.04. The van der Waals surface area contributed by atoms with Crippen molar-refractivity contribution in [3.8, 4) is 5.75 Å². The fourth-order valence-corrected chi connectivity index (χ4v) is 2.52. The number of aliphatic hydroxyl groups excluding tert-OH is 1. The van der Waals surface area contributed by atoms with Crippen LogP contribution in [0.15, 0.2) is 24.3 Å². The summed E-state index contributed by atoms with van der Waals surface area (Å²) in [4.78, 5) is 13.9. The third-order valence-electron chi connectivity index (χ3n) is 3.64. The molecule has 0 aliphatic carbocycles. The molecule has 0 unspecified atom stereocenters. The minimum absolute atomic E-state index is 0.105. The number of aliphatic hydroxyl groups is 1. The van der Waals surface area contributed by atoms with Crippen molar-refractivity contribution in [2.45, 2.75) is 19.3 Å². The fourth-order valence-electron chi connectivity index (χ4n) is 2.33. The number of carbonyl (C=O) groups is 1. The summed E-state index contributed by atoms with van der Waals surface area (Å²) in [5.74, 6) is 1.06. The van der Waals surface area contributed by atoms with Crippen LogP contribution in [0.1, 0.15) is 19.3 Å². The van der Waals surface area contributed by atoms with Gasteiger partial charge in [0.1, 0.15) is 5.75 Å². The maximum absolute atomic E-state index is 12.0. The van der Waals surface area contributed by atoms with Crippen molar-refractivity contribution >= 4 is 17.5 Å². The van der Waals surface area contributed by atoms with E-state index in [0.717, 1.165) is 25.9 Å². The summed E-state index contributed by atoms with van der Waals surface area (Å²) in [6, 6.07) is 7.24. The van der Waals surface area contributed by atoms with Gasteiger partial charge in [-0.2, -0.15) is 0 Å². The van der Waals surface area contributed by atoms with E-state index in [9.17, 15) is 4.79 Å². The molecule has 5 heteroatoms. The first-order chi connectivity index (χ1) is 9.70. The van der Waals surface area contributed by atoms with E-state index in [0.29, 0.717) is 29.7 Å². The number of amides is 1. The number of hydrogen-bond donors (Lipinski definition) is 1. The van der Waals surface area contributed by atoms with Gasteiger partial charge in [-0.25, -0.2) is 0 Å². The van der Waals surface area contributed by atoms with Crippen molar-refractivity contribution in [2.75, 3.05) is 26.3 Å². The van der Waals surface area contributed by atoms with Crippen LogP contribution < -0.4 is 4.74 Å². The quantitative estimate of drug-likeness (QED) is 0.907. The Hall–Kier alpha value is -1.26. The van der Waals surface area contributed by atoms with Gasteiger partial charge in [0.15, 0.2) is 0 Å². The van der Waals surface area contributed by atoms with Gasteiger partial charge >= 0.3 is 0 Å². The molecule has 1 aromatic rings. The van der Waals surface area contributed by atoms with Crippen LogP contribution in [0.5, 0.6) is 5.75 Å². The number of carbonyl (C=O) groups excluding carboxylic acids is 1. The van der Waals surface area contributed by atoms with Gasteiger partial charge in [0.05, 0.1) is 18.1 Å². The standard InChI is InChI=1S/C15H20ClNO3/c16-13-3-1-2-4-14(13)20-10-7-15(19)17-8-5-12(11-18)6-9-17/h1-4,12,18H,5-11H2. The molecule has 1 N–H and O–H groups in total. The molecular weight excluding hydrogens is 278 g/mol. The SMILES string of the molecule is O=C(CCOc1ccccc1Cl)N1CCC(CO)CC1. The van der Waals surface area contributed by atoms with Gasteiger partial charge in [0.25, 0.3) is 0 Å². The number of piperidine rings is 1. The molecule has 0 atom stereocenters. The van der Waals surface area contributed by atoms with E-state index in [2.05, 4.69) is 0 Å². The third-order valence-corrected chi connectivity index (χ3v) is 3.95. The minimum Gasteiger partial charge on any atom is -0.491 e. The Labute approximate surface area is 124 Å². The van der Waals surface area contributed by atoms with Crippen molar-refractivity contribution < 1.29 is 14.6 Å². The zero-order chi connectivity index (χ0) is 14.4. The summed E-state index contributed by atoms with van der Waals surface area (Å²) in [5, 5.41) is 9.63. The molecule has 1 aliphatic heterocycles. The second-order valence-corrected chi connectivity index (χ2v) is 5.44. The molecule has 4 nitrogen and oxygen atoms in total. The van der Waals surface area contributed by atoms with Crippen LogP contribution in [0, 0.1) is 5.92 Å². The minimum atomic E-state index is 0.105. The maximum atomic E-state index is 12.0. The van der Waals surface area contributed by atoms with Gasteiger partial charge in [0.2, 0.25) is 5.91 Å². The van der Waals surface area contributed by atoms with Crippen LogP contribution in [-0.4, -0.2) is 42.2 Å². The first-order valence-corrected chi connectivity index (χ1v) is 7.34. The Bertz CT molecular complexity index is 444. The van der Waals surface area contributed by atoms with Gasteiger partial charge < -0.3 is 14.7 Å². The highest BCUT2D eigenvalue weighted by Gasteiger charge is 2.21. The summed E-state index contributed by atoms with van der Waals surface area (Å²) >= 11 is 5.98. The molecular formula is C15H20ClNO3. The van der Waals surface area contributed by atoms with Gasteiger partial charge in [-0.05, 0) is 30.9 Å². The van der Waals surface area contributed by atoms with E-state index in [1.165, 1.54) is 0 Å². The topological polar surface area (TPSA) is 49.8 Å². The molecule has 0 aromatic heterocycles. The first-order valence-electron chi connectivity index (χ1n) is 6.96. The van der Waals surface area contributed by atoms with E-state index in [1.807, 2.05) is 17.0 Å². The zero-order valence-electron chi connectivity index (χ0n) is 11.4. The van der Waals surface area contributed by atoms with Crippen molar-refractivity contribution in [1.82, 2.24) is 4.90 Å². The second kappa shape index (κ2) is 7.50. The molecule has 0 bridgehead atoms. The van der Waals surface area contributed by atoms with E-state index in [1.54, 1.807) is 12.1 Å². The Morgan fingerprint density at radius 3 is 2.70 bits per heavy atom. The molecule has 1 fully saturated rings. The summed E-state index contributed by atoms with van der Waals surface area (Å²) in [5.41, 5.74) is 0. The molecule has 1 saturated heterocycles. The number of rotatable bonds is 5. The highest BCUT2D eigenvalue weighted by Crippen LogP contribution is 2.23. The summed E-state index contributed by atoms with van der Waals surface area (Å²) in [7, 11) is 0. The summed E-state index contributed by atoms with van der Waals surface area (Å²) in [6.45, 7) is 2.02. The van der Waals surface area contributed by atoms with Gasteiger partial charge in [-0.1, -0.05) is 23.7 Å². The summed E-state index contributed by atoms with van der Waals surface area (Å²) in [6.07, 6.45) is 2.12. The van der Waals surface area contributed by atoms with Crippen molar-refractivity contribution in [2.24, 2.45) is 5.92 Å². The molecule has 0 saturated carbocycles. The Morgan fingerprint density at radius 2 is 2.05 bits per heavy atom. The number of nitrogens with zero attached hydrogens (tertiary/aromatic N) is 1. The fraction of sp³-hybridized carbons (Fsp3) is 0.533. The largest absolute Gasteiger partial charge is 0.491 e. The lowest BCUT2D eigenvalue weighted by atomic mass is 9.98.